The van der Waals surface area contributed by atoms with Gasteiger partial charge in [0, 0.05) is 17.6 Å². The van der Waals surface area contributed by atoms with Gasteiger partial charge in [-0.25, -0.2) is 12.8 Å². The number of hydrogen-bond donors (Lipinski definition) is 1. The van der Waals surface area contributed by atoms with Crippen molar-refractivity contribution in [2.24, 2.45) is 0 Å². The number of para-hydroxylation sites is 1. The summed E-state index contributed by atoms with van der Waals surface area (Å²) in [5, 5.41) is 3.29. The van der Waals surface area contributed by atoms with Crippen LogP contribution < -0.4 is 9.62 Å². The van der Waals surface area contributed by atoms with E-state index in [1.54, 1.807) is 37.3 Å². The summed E-state index contributed by atoms with van der Waals surface area (Å²) >= 11 is 5.97. The largest absolute Gasteiger partial charge is 0.352 e. The zero-order valence-electron chi connectivity index (χ0n) is 22.2. The van der Waals surface area contributed by atoms with Crippen molar-refractivity contribution in [3.05, 3.63) is 95.3 Å². The van der Waals surface area contributed by atoms with Crippen molar-refractivity contribution < 1.29 is 22.4 Å². The topological polar surface area (TPSA) is 86.8 Å². The Morgan fingerprint density at radius 2 is 1.54 bits per heavy atom. The van der Waals surface area contributed by atoms with E-state index in [1.165, 1.54) is 53.4 Å². The Morgan fingerprint density at radius 1 is 0.923 bits per heavy atom. The molecule has 3 aromatic carbocycles. The molecule has 0 aliphatic rings. The van der Waals surface area contributed by atoms with Crippen LogP contribution in [0.15, 0.2) is 83.8 Å². The maximum atomic E-state index is 13.9. The number of benzene rings is 3. The summed E-state index contributed by atoms with van der Waals surface area (Å²) in [6.45, 7) is 5.03. The highest BCUT2D eigenvalue weighted by atomic mass is 35.5. The van der Waals surface area contributed by atoms with Gasteiger partial charge in [0.2, 0.25) is 11.8 Å². The zero-order valence-corrected chi connectivity index (χ0v) is 23.8. The number of nitrogens with one attached hydrogen (secondary N) is 1. The highest BCUT2D eigenvalue weighted by Gasteiger charge is 2.33. The first kappa shape index (κ1) is 30.1. The highest BCUT2D eigenvalue weighted by molar-refractivity contribution is 7.92. The Hall–Kier alpha value is -3.43. The third-order valence-corrected chi connectivity index (χ3v) is 8.42. The van der Waals surface area contributed by atoms with Crippen LogP contribution in [0, 0.1) is 5.82 Å². The van der Waals surface area contributed by atoms with Crippen molar-refractivity contribution in [1.29, 1.82) is 0 Å². The molecule has 0 bridgehead atoms. The fourth-order valence-corrected chi connectivity index (χ4v) is 5.54. The predicted molar refractivity (Wildman–Crippen MR) is 151 cm³/mol. The maximum Gasteiger partial charge on any atom is 0.264 e. The molecule has 0 aliphatic heterocycles. The summed E-state index contributed by atoms with van der Waals surface area (Å²) in [5.41, 5.74) is 0.894. The number of carbonyl (C=O) groups is 2. The fourth-order valence-electron chi connectivity index (χ4n) is 4.00. The summed E-state index contributed by atoms with van der Waals surface area (Å²) in [5.74, 6) is -1.34. The van der Waals surface area contributed by atoms with E-state index in [1.807, 2.05) is 13.8 Å². The summed E-state index contributed by atoms with van der Waals surface area (Å²) in [7, 11) is -4.18. The van der Waals surface area contributed by atoms with E-state index < -0.39 is 34.3 Å². The molecule has 208 valence electrons. The standard InChI is InChI=1S/C29H33ClFN3O4S/c1-4-21(3)32-29(36)27(5-2)33(19-22-11-15-24(31)16-12-22)28(35)20-34(25-9-7-6-8-10-25)39(37,38)26-17-13-23(30)14-18-26/h6-18,21,27H,4-5,19-20H2,1-3H3,(H,32,36)/t21-,27-/m0/s1. The molecule has 3 aromatic rings. The van der Waals surface area contributed by atoms with E-state index in [0.717, 1.165) is 4.31 Å². The van der Waals surface area contributed by atoms with Crippen molar-refractivity contribution in [2.75, 3.05) is 10.8 Å². The lowest BCUT2D eigenvalue weighted by atomic mass is 10.1. The second-order valence-electron chi connectivity index (χ2n) is 9.19. The molecule has 0 aromatic heterocycles. The minimum Gasteiger partial charge on any atom is -0.352 e. The third kappa shape index (κ3) is 7.80. The molecular formula is C29H33ClFN3O4S. The van der Waals surface area contributed by atoms with Crippen molar-refractivity contribution in [3.63, 3.8) is 0 Å². The molecule has 39 heavy (non-hydrogen) atoms. The van der Waals surface area contributed by atoms with Crippen LogP contribution in [0.25, 0.3) is 0 Å². The monoisotopic (exact) mass is 573 g/mol. The molecular weight excluding hydrogens is 541 g/mol. The first-order chi connectivity index (χ1) is 18.6. The lowest BCUT2D eigenvalue weighted by Gasteiger charge is -2.33. The molecule has 2 amide bonds. The van der Waals surface area contributed by atoms with E-state index >= 15 is 0 Å². The number of nitrogens with zero attached hydrogens (tertiary/aromatic N) is 2. The lowest BCUT2D eigenvalue weighted by molar-refractivity contribution is -0.140. The minimum atomic E-state index is -4.18. The third-order valence-electron chi connectivity index (χ3n) is 6.38. The molecule has 3 rings (SSSR count). The van der Waals surface area contributed by atoms with Gasteiger partial charge in [-0.05, 0) is 73.9 Å². The van der Waals surface area contributed by atoms with Crippen LogP contribution in [0.1, 0.15) is 39.2 Å². The van der Waals surface area contributed by atoms with E-state index in [4.69, 9.17) is 11.6 Å². The number of hydrogen-bond acceptors (Lipinski definition) is 4. The summed E-state index contributed by atoms with van der Waals surface area (Å²) in [4.78, 5) is 28.5. The number of rotatable bonds is 12. The van der Waals surface area contributed by atoms with Gasteiger partial charge in [0.25, 0.3) is 10.0 Å². The summed E-state index contributed by atoms with van der Waals surface area (Å²) in [6.07, 6.45) is 1.000. The van der Waals surface area contributed by atoms with Crippen LogP contribution in [0.5, 0.6) is 0 Å². The predicted octanol–water partition coefficient (Wildman–Crippen LogP) is 5.40. The molecule has 2 atom stereocenters. The number of sulfonamides is 1. The molecule has 0 saturated carbocycles. The Morgan fingerprint density at radius 3 is 2.10 bits per heavy atom. The van der Waals surface area contributed by atoms with Crippen LogP contribution in [0.4, 0.5) is 10.1 Å². The SMILES string of the molecule is CC[C@H](C)NC(=O)[C@H](CC)N(Cc1ccc(F)cc1)C(=O)CN(c1ccccc1)S(=O)(=O)c1ccc(Cl)cc1. The van der Waals surface area contributed by atoms with Gasteiger partial charge in [-0.1, -0.05) is 55.8 Å². The number of halogens is 2. The van der Waals surface area contributed by atoms with E-state index in [0.29, 0.717) is 29.1 Å². The molecule has 0 fully saturated rings. The average Bonchev–Trinajstić information content (AvgIpc) is 2.93. The molecule has 0 unspecified atom stereocenters. The van der Waals surface area contributed by atoms with Crippen LogP contribution >= 0.6 is 11.6 Å². The first-order valence-corrected chi connectivity index (χ1v) is 14.6. The average molecular weight is 574 g/mol. The number of carbonyl (C=O) groups excluding carboxylic acids is 2. The molecule has 0 aliphatic carbocycles. The van der Waals surface area contributed by atoms with Gasteiger partial charge in [0.15, 0.2) is 0 Å². The van der Waals surface area contributed by atoms with Crippen molar-refractivity contribution in [1.82, 2.24) is 10.2 Å². The Kier molecular flexibility index (Phi) is 10.5. The van der Waals surface area contributed by atoms with Crippen LogP contribution in [-0.2, 0) is 26.2 Å². The minimum absolute atomic E-state index is 0.00479. The smallest absolute Gasteiger partial charge is 0.264 e. The van der Waals surface area contributed by atoms with Gasteiger partial charge in [-0.3, -0.25) is 13.9 Å². The van der Waals surface area contributed by atoms with Gasteiger partial charge in [0.1, 0.15) is 18.4 Å². The number of amides is 2. The van der Waals surface area contributed by atoms with Crippen molar-refractivity contribution >= 4 is 39.1 Å². The fraction of sp³-hybridized carbons (Fsp3) is 0.310. The zero-order chi connectivity index (χ0) is 28.6. The van der Waals surface area contributed by atoms with Crippen LogP contribution in [0.3, 0.4) is 0 Å². The normalized spacial score (nSPS) is 12.8. The van der Waals surface area contributed by atoms with Crippen molar-refractivity contribution in [2.45, 2.75) is 57.1 Å². The Balaban J connectivity index is 2.02. The van der Waals surface area contributed by atoms with Gasteiger partial charge in [-0.2, -0.15) is 0 Å². The van der Waals surface area contributed by atoms with Crippen LogP contribution in [0.2, 0.25) is 5.02 Å². The Labute approximate surface area is 234 Å². The molecule has 10 heteroatoms. The van der Waals surface area contributed by atoms with Crippen molar-refractivity contribution in [3.8, 4) is 0 Å². The second kappa shape index (κ2) is 13.6. The quantitative estimate of drug-likeness (QED) is 0.314. The van der Waals surface area contributed by atoms with E-state index in [-0.39, 0.29) is 23.4 Å². The summed E-state index contributed by atoms with van der Waals surface area (Å²) in [6, 6.07) is 18.6. The molecule has 0 saturated heterocycles. The summed E-state index contributed by atoms with van der Waals surface area (Å²) < 4.78 is 42.1. The molecule has 0 spiro atoms. The van der Waals surface area contributed by atoms with Gasteiger partial charge < -0.3 is 10.2 Å². The number of anilines is 1. The van der Waals surface area contributed by atoms with E-state index in [9.17, 15) is 22.4 Å². The first-order valence-electron chi connectivity index (χ1n) is 12.7. The van der Waals surface area contributed by atoms with Crippen LogP contribution in [-0.4, -0.2) is 43.8 Å². The molecule has 7 nitrogen and oxygen atoms in total. The molecule has 0 heterocycles. The molecule has 1 N–H and O–H groups in total. The lowest BCUT2D eigenvalue weighted by Crippen LogP contribution is -2.53. The van der Waals surface area contributed by atoms with Gasteiger partial charge >= 0.3 is 0 Å². The Bertz CT molecular complexity index is 1350. The maximum absolute atomic E-state index is 13.9. The highest BCUT2D eigenvalue weighted by Crippen LogP contribution is 2.25. The van der Waals surface area contributed by atoms with Gasteiger partial charge in [-0.15, -0.1) is 0 Å². The van der Waals surface area contributed by atoms with Gasteiger partial charge in [0.05, 0.1) is 10.6 Å². The van der Waals surface area contributed by atoms with E-state index in [2.05, 4.69) is 5.32 Å². The molecule has 0 radical (unpaired) electrons. The second-order valence-corrected chi connectivity index (χ2v) is 11.5.